The predicted octanol–water partition coefficient (Wildman–Crippen LogP) is 5.20. The van der Waals surface area contributed by atoms with E-state index in [9.17, 15) is 19.8 Å². The lowest BCUT2D eigenvalue weighted by Gasteiger charge is -2.32. The molecule has 4 aromatic rings. The van der Waals surface area contributed by atoms with Crippen molar-refractivity contribution in [3.63, 3.8) is 0 Å². The van der Waals surface area contributed by atoms with Gasteiger partial charge in [0.05, 0.1) is 11.3 Å². The standard InChI is InChI=1S/C34H41N5O4/c1-21(2)28-18-29(31(41)19-30(28)40)33-36-37-34(43)39(33)27-10-6-23(7-11-27)17-24-12-14-38(15-13-24)20-25-4-8-26(9-5-25)22(3)16-32(35)42/h4-11,18-19,21-22,24,40-41H,12-17,20H2,1-3H3,(H2,35,42)(H,37,43)/t22-/m1/s1. The fourth-order valence-corrected chi connectivity index (χ4v) is 6.05. The molecule has 226 valence electrons. The van der Waals surface area contributed by atoms with Crippen LogP contribution in [0.3, 0.4) is 0 Å². The van der Waals surface area contributed by atoms with Crippen LogP contribution in [-0.4, -0.2) is 48.9 Å². The summed E-state index contributed by atoms with van der Waals surface area (Å²) in [5.74, 6) is 0.638. The number of hydrogen-bond acceptors (Lipinski definition) is 6. The van der Waals surface area contributed by atoms with Crippen LogP contribution in [0.1, 0.15) is 74.1 Å². The van der Waals surface area contributed by atoms with Gasteiger partial charge in [0.15, 0.2) is 5.82 Å². The summed E-state index contributed by atoms with van der Waals surface area (Å²) in [5.41, 5.74) is 10.3. The van der Waals surface area contributed by atoms with E-state index in [4.69, 9.17) is 5.73 Å². The normalized spacial score (nSPS) is 15.2. The molecule has 9 nitrogen and oxygen atoms in total. The van der Waals surface area contributed by atoms with Crippen LogP contribution in [0.25, 0.3) is 17.1 Å². The number of benzene rings is 3. The molecule has 1 atom stereocenters. The van der Waals surface area contributed by atoms with Gasteiger partial charge in [0.25, 0.3) is 0 Å². The fourth-order valence-electron chi connectivity index (χ4n) is 6.05. The Bertz CT molecular complexity index is 1610. The number of amides is 1. The van der Waals surface area contributed by atoms with Gasteiger partial charge in [-0.3, -0.25) is 9.69 Å². The van der Waals surface area contributed by atoms with Crippen LogP contribution in [0.15, 0.2) is 65.5 Å². The molecule has 0 unspecified atom stereocenters. The quantitative estimate of drug-likeness (QED) is 0.203. The van der Waals surface area contributed by atoms with Crippen LogP contribution in [0.2, 0.25) is 0 Å². The zero-order chi connectivity index (χ0) is 30.7. The van der Waals surface area contributed by atoms with Crippen molar-refractivity contribution in [1.29, 1.82) is 0 Å². The molecule has 1 saturated heterocycles. The largest absolute Gasteiger partial charge is 0.508 e. The first-order chi connectivity index (χ1) is 20.6. The lowest BCUT2D eigenvalue weighted by molar-refractivity contribution is -0.118. The number of piperidine rings is 1. The Labute approximate surface area is 252 Å². The van der Waals surface area contributed by atoms with Gasteiger partial charge in [0.2, 0.25) is 5.91 Å². The van der Waals surface area contributed by atoms with E-state index in [1.807, 2.05) is 32.9 Å². The average Bonchev–Trinajstić information content (AvgIpc) is 3.35. The number of carbonyl (C=O) groups is 1. The van der Waals surface area contributed by atoms with E-state index in [0.717, 1.165) is 44.5 Å². The summed E-state index contributed by atoms with van der Waals surface area (Å²) in [6.07, 6.45) is 3.59. The number of phenols is 2. The third-order valence-corrected chi connectivity index (χ3v) is 8.57. The Morgan fingerprint density at radius 3 is 2.26 bits per heavy atom. The SMILES string of the molecule is CC(C)c1cc(-c2n[nH]c(=O)n2-c2ccc(CC3CCN(Cc4ccc([C@H](C)CC(N)=O)cc4)CC3)cc2)c(O)cc1O. The van der Waals surface area contributed by atoms with E-state index in [-0.39, 0.29) is 29.2 Å². The molecule has 1 amide bonds. The summed E-state index contributed by atoms with van der Waals surface area (Å²) >= 11 is 0. The molecule has 1 fully saturated rings. The summed E-state index contributed by atoms with van der Waals surface area (Å²) in [6.45, 7) is 8.94. The first-order valence-corrected chi connectivity index (χ1v) is 15.0. The Hall–Kier alpha value is -4.37. The molecule has 1 aliphatic rings. The summed E-state index contributed by atoms with van der Waals surface area (Å²) in [4.78, 5) is 26.5. The van der Waals surface area contributed by atoms with Crippen LogP contribution in [0.5, 0.6) is 11.5 Å². The molecular weight excluding hydrogens is 542 g/mol. The van der Waals surface area contributed by atoms with Gasteiger partial charge in [-0.2, -0.15) is 5.10 Å². The number of hydrogen-bond donors (Lipinski definition) is 4. The number of H-pyrrole nitrogens is 1. The number of primary amides is 1. The molecule has 0 saturated carbocycles. The number of aromatic amines is 1. The maximum Gasteiger partial charge on any atom is 0.348 e. The van der Waals surface area contributed by atoms with Gasteiger partial charge in [-0.15, -0.1) is 0 Å². The first kappa shape index (κ1) is 30.1. The highest BCUT2D eigenvalue weighted by molar-refractivity contribution is 5.74. The maximum absolute atomic E-state index is 12.8. The number of phenolic OH excluding ortho intramolecular Hbond substituents is 2. The first-order valence-electron chi connectivity index (χ1n) is 15.0. The highest BCUT2D eigenvalue weighted by Crippen LogP contribution is 2.37. The number of aromatic hydroxyl groups is 2. The van der Waals surface area contributed by atoms with Crippen molar-refractivity contribution in [3.8, 4) is 28.6 Å². The van der Waals surface area contributed by atoms with Crippen LogP contribution >= 0.6 is 0 Å². The molecular formula is C34H41N5O4. The molecule has 3 aromatic carbocycles. The number of aromatic nitrogens is 3. The highest BCUT2D eigenvalue weighted by Gasteiger charge is 2.22. The average molecular weight is 584 g/mol. The van der Waals surface area contributed by atoms with Gasteiger partial charge in [0, 0.05) is 19.0 Å². The van der Waals surface area contributed by atoms with Gasteiger partial charge >= 0.3 is 5.69 Å². The Balaban J connectivity index is 1.20. The number of rotatable bonds is 10. The highest BCUT2D eigenvalue weighted by atomic mass is 16.3. The zero-order valence-corrected chi connectivity index (χ0v) is 25.1. The predicted molar refractivity (Wildman–Crippen MR) is 167 cm³/mol. The second-order valence-electron chi connectivity index (χ2n) is 12.2. The number of carbonyl (C=O) groups excluding carboxylic acids is 1. The van der Waals surface area contributed by atoms with Crippen molar-refractivity contribution < 1.29 is 15.0 Å². The molecule has 0 spiro atoms. The molecule has 1 aromatic heterocycles. The zero-order valence-electron chi connectivity index (χ0n) is 25.1. The number of nitrogens with two attached hydrogens (primary N) is 1. The molecule has 1 aliphatic heterocycles. The lowest BCUT2D eigenvalue weighted by Crippen LogP contribution is -2.33. The van der Waals surface area contributed by atoms with E-state index in [1.54, 1.807) is 6.07 Å². The summed E-state index contributed by atoms with van der Waals surface area (Å²) < 4.78 is 1.45. The minimum atomic E-state index is -0.400. The van der Waals surface area contributed by atoms with E-state index in [0.29, 0.717) is 35.0 Å². The van der Waals surface area contributed by atoms with Crippen LogP contribution in [0, 0.1) is 5.92 Å². The molecule has 2 heterocycles. The number of likely N-dealkylation sites (tertiary alicyclic amines) is 1. The molecule has 9 heteroatoms. The number of nitrogens with zero attached hydrogens (tertiary/aromatic N) is 3. The van der Waals surface area contributed by atoms with Crippen molar-refractivity contribution >= 4 is 5.91 Å². The van der Waals surface area contributed by atoms with Gasteiger partial charge in [-0.25, -0.2) is 14.5 Å². The van der Waals surface area contributed by atoms with Gasteiger partial charge in [0.1, 0.15) is 11.5 Å². The lowest BCUT2D eigenvalue weighted by atomic mass is 9.90. The minimum absolute atomic E-state index is 0.0119. The molecule has 0 radical (unpaired) electrons. The van der Waals surface area contributed by atoms with E-state index < -0.39 is 5.69 Å². The van der Waals surface area contributed by atoms with Crippen LogP contribution in [-0.2, 0) is 17.8 Å². The Morgan fingerprint density at radius 2 is 1.63 bits per heavy atom. The third kappa shape index (κ3) is 7.00. The molecule has 0 bridgehead atoms. The van der Waals surface area contributed by atoms with Crippen LogP contribution < -0.4 is 11.4 Å². The monoisotopic (exact) mass is 583 g/mol. The summed E-state index contributed by atoms with van der Waals surface area (Å²) in [6, 6.07) is 19.5. The van der Waals surface area contributed by atoms with Gasteiger partial charge < -0.3 is 15.9 Å². The Morgan fingerprint density at radius 1 is 0.977 bits per heavy atom. The molecule has 5 N–H and O–H groups in total. The number of nitrogens with one attached hydrogen (secondary N) is 1. The second kappa shape index (κ2) is 12.9. The summed E-state index contributed by atoms with van der Waals surface area (Å²) in [7, 11) is 0. The second-order valence-corrected chi connectivity index (χ2v) is 12.2. The van der Waals surface area contributed by atoms with E-state index >= 15 is 0 Å². The van der Waals surface area contributed by atoms with Crippen molar-refractivity contribution in [3.05, 3.63) is 93.4 Å². The Kier molecular flexibility index (Phi) is 9.01. The molecule has 5 rings (SSSR count). The minimum Gasteiger partial charge on any atom is -0.508 e. The molecule has 43 heavy (non-hydrogen) atoms. The van der Waals surface area contributed by atoms with Crippen molar-refractivity contribution in [2.75, 3.05) is 13.1 Å². The maximum atomic E-state index is 12.8. The van der Waals surface area contributed by atoms with Crippen LogP contribution in [0.4, 0.5) is 0 Å². The van der Waals surface area contributed by atoms with Crippen molar-refractivity contribution in [2.24, 2.45) is 11.7 Å². The topological polar surface area (TPSA) is 137 Å². The third-order valence-electron chi connectivity index (χ3n) is 8.57. The van der Waals surface area contributed by atoms with E-state index in [2.05, 4.69) is 51.5 Å². The molecule has 0 aliphatic carbocycles. The van der Waals surface area contributed by atoms with Crippen molar-refractivity contribution in [2.45, 2.75) is 64.8 Å². The van der Waals surface area contributed by atoms with Gasteiger partial charge in [-0.05, 0) is 90.6 Å². The van der Waals surface area contributed by atoms with Crippen molar-refractivity contribution in [1.82, 2.24) is 19.7 Å². The smallest absolute Gasteiger partial charge is 0.348 e. The fraction of sp³-hybridized carbons (Fsp3) is 0.382. The van der Waals surface area contributed by atoms with E-state index in [1.165, 1.54) is 21.8 Å². The van der Waals surface area contributed by atoms with Gasteiger partial charge in [-0.1, -0.05) is 57.2 Å². The summed E-state index contributed by atoms with van der Waals surface area (Å²) in [5, 5.41) is 27.5.